The first-order valence-electron chi connectivity index (χ1n) is 5.75. The number of methoxy groups -OCH3 is 3. The number of halogens is 1. The van der Waals surface area contributed by atoms with Crippen LogP contribution in [0.15, 0.2) is 12.1 Å². The quantitative estimate of drug-likeness (QED) is 0.811. The molecule has 1 aromatic rings. The third-order valence-electron chi connectivity index (χ3n) is 2.72. The summed E-state index contributed by atoms with van der Waals surface area (Å²) in [7, 11) is 4.42. The smallest absolute Gasteiger partial charge is 0.322 e. The van der Waals surface area contributed by atoms with Crippen molar-refractivity contribution in [3.8, 4) is 11.5 Å². The molecule has 0 aromatic heterocycles. The van der Waals surface area contributed by atoms with Crippen LogP contribution < -0.4 is 14.8 Å². The van der Waals surface area contributed by atoms with Gasteiger partial charge in [-0.05, 0) is 18.6 Å². The van der Waals surface area contributed by atoms with Gasteiger partial charge in [-0.15, -0.1) is 0 Å². The molecule has 0 unspecified atom stereocenters. The van der Waals surface area contributed by atoms with Gasteiger partial charge in [0, 0.05) is 6.54 Å². The van der Waals surface area contributed by atoms with Crippen LogP contribution in [0.2, 0.25) is 5.02 Å². The Morgan fingerprint density at radius 3 is 2.53 bits per heavy atom. The molecule has 1 rings (SSSR count). The average Bonchev–Trinajstić information content (AvgIpc) is 2.44. The van der Waals surface area contributed by atoms with Crippen LogP contribution in [0.25, 0.3) is 0 Å². The monoisotopic (exact) mass is 287 g/mol. The summed E-state index contributed by atoms with van der Waals surface area (Å²) in [6, 6.07) is 3.18. The molecular weight excluding hydrogens is 270 g/mol. The van der Waals surface area contributed by atoms with E-state index in [9.17, 15) is 4.79 Å². The molecular formula is C13H18ClNO4. The van der Waals surface area contributed by atoms with Gasteiger partial charge < -0.3 is 19.5 Å². The van der Waals surface area contributed by atoms with Gasteiger partial charge in [0.15, 0.2) is 11.5 Å². The van der Waals surface area contributed by atoms with E-state index in [1.807, 2.05) is 6.07 Å². The Kier molecular flexibility index (Phi) is 5.92. The molecule has 106 valence electrons. The number of nitrogens with one attached hydrogen (secondary N) is 1. The van der Waals surface area contributed by atoms with Crippen LogP contribution in [0, 0.1) is 0 Å². The van der Waals surface area contributed by atoms with Gasteiger partial charge in [-0.2, -0.15) is 0 Å². The van der Waals surface area contributed by atoms with Crippen molar-refractivity contribution in [1.29, 1.82) is 0 Å². The van der Waals surface area contributed by atoms with E-state index in [0.717, 1.165) is 5.56 Å². The van der Waals surface area contributed by atoms with Crippen molar-refractivity contribution in [2.45, 2.75) is 19.5 Å². The van der Waals surface area contributed by atoms with Crippen LogP contribution in [0.1, 0.15) is 12.5 Å². The van der Waals surface area contributed by atoms with Crippen molar-refractivity contribution >= 4 is 17.6 Å². The molecule has 5 nitrogen and oxygen atoms in total. The number of esters is 1. The first-order valence-corrected chi connectivity index (χ1v) is 6.13. The number of carbonyl (C=O) groups excluding carboxylic acids is 1. The fourth-order valence-electron chi connectivity index (χ4n) is 1.59. The van der Waals surface area contributed by atoms with Crippen LogP contribution in [-0.2, 0) is 16.1 Å². The molecule has 0 saturated carbocycles. The summed E-state index contributed by atoms with van der Waals surface area (Å²) in [5.41, 5.74) is 0.815. The number of carbonyl (C=O) groups is 1. The van der Waals surface area contributed by atoms with Crippen LogP contribution in [0.5, 0.6) is 11.5 Å². The third-order valence-corrected chi connectivity index (χ3v) is 3.13. The van der Waals surface area contributed by atoms with Crippen molar-refractivity contribution in [2.75, 3.05) is 21.3 Å². The van der Waals surface area contributed by atoms with Crippen LogP contribution in [-0.4, -0.2) is 33.3 Å². The Hall–Kier alpha value is -1.46. The highest BCUT2D eigenvalue weighted by atomic mass is 35.5. The van der Waals surface area contributed by atoms with E-state index in [1.54, 1.807) is 20.1 Å². The lowest BCUT2D eigenvalue weighted by Gasteiger charge is -2.15. The highest BCUT2D eigenvalue weighted by molar-refractivity contribution is 6.33. The van der Waals surface area contributed by atoms with Crippen molar-refractivity contribution in [1.82, 2.24) is 5.32 Å². The molecule has 19 heavy (non-hydrogen) atoms. The second kappa shape index (κ2) is 7.21. The number of rotatable bonds is 6. The van der Waals surface area contributed by atoms with Crippen LogP contribution in [0.3, 0.4) is 0 Å². The van der Waals surface area contributed by atoms with Crippen molar-refractivity contribution in [2.24, 2.45) is 0 Å². The molecule has 0 spiro atoms. The number of ether oxygens (including phenoxy) is 3. The summed E-state index contributed by atoms with van der Waals surface area (Å²) < 4.78 is 15.0. The fraction of sp³-hybridized carbons (Fsp3) is 0.462. The lowest BCUT2D eigenvalue weighted by molar-refractivity contribution is -0.142. The summed E-state index contributed by atoms with van der Waals surface area (Å²) in [5.74, 6) is 0.725. The Morgan fingerprint density at radius 2 is 2.00 bits per heavy atom. The maximum atomic E-state index is 11.3. The molecule has 0 aliphatic heterocycles. The van der Waals surface area contributed by atoms with Gasteiger partial charge in [0.25, 0.3) is 0 Å². The minimum absolute atomic E-state index is 0.323. The summed E-state index contributed by atoms with van der Waals surface area (Å²) in [6.45, 7) is 2.15. The van der Waals surface area contributed by atoms with Gasteiger partial charge in [0.1, 0.15) is 6.04 Å². The molecule has 0 aliphatic rings. The SMILES string of the molecule is COC(=O)[C@H](C)NCc1ccc(OC)c(OC)c1Cl. The zero-order chi connectivity index (χ0) is 14.4. The Balaban J connectivity index is 2.82. The molecule has 6 heteroatoms. The second-order valence-electron chi connectivity index (χ2n) is 3.90. The van der Waals surface area contributed by atoms with E-state index in [-0.39, 0.29) is 5.97 Å². The van der Waals surface area contributed by atoms with Gasteiger partial charge in [-0.1, -0.05) is 17.7 Å². The predicted molar refractivity (Wildman–Crippen MR) is 72.9 cm³/mol. The first-order chi connectivity index (χ1) is 9.04. The highest BCUT2D eigenvalue weighted by Crippen LogP contribution is 2.37. The Labute approximate surface area is 117 Å². The molecule has 0 radical (unpaired) electrons. The fourth-order valence-corrected chi connectivity index (χ4v) is 1.89. The second-order valence-corrected chi connectivity index (χ2v) is 4.28. The minimum Gasteiger partial charge on any atom is -0.493 e. The molecule has 1 N–H and O–H groups in total. The van der Waals surface area contributed by atoms with Gasteiger partial charge >= 0.3 is 5.97 Å². The molecule has 0 bridgehead atoms. The maximum absolute atomic E-state index is 11.3. The predicted octanol–water partition coefficient (Wildman–Crippen LogP) is 2.01. The summed E-state index contributed by atoms with van der Waals surface area (Å²) in [5, 5.41) is 3.49. The number of hydrogen-bond donors (Lipinski definition) is 1. The standard InChI is InChI=1S/C13H18ClNO4/c1-8(13(16)19-4)15-7-9-5-6-10(17-2)12(18-3)11(9)14/h5-6,8,15H,7H2,1-4H3/t8-/m0/s1. The maximum Gasteiger partial charge on any atom is 0.322 e. The van der Waals surface area contributed by atoms with Crippen LogP contribution in [0.4, 0.5) is 0 Å². The number of benzene rings is 1. The largest absolute Gasteiger partial charge is 0.493 e. The van der Waals surface area contributed by atoms with E-state index in [0.29, 0.717) is 23.1 Å². The minimum atomic E-state index is -0.408. The van der Waals surface area contributed by atoms with Crippen molar-refractivity contribution < 1.29 is 19.0 Å². The zero-order valence-electron chi connectivity index (χ0n) is 11.5. The lowest BCUT2D eigenvalue weighted by atomic mass is 10.2. The topological polar surface area (TPSA) is 56.8 Å². The van der Waals surface area contributed by atoms with Gasteiger partial charge in [0.2, 0.25) is 0 Å². The average molecular weight is 288 g/mol. The molecule has 0 saturated heterocycles. The molecule has 0 amide bonds. The first kappa shape index (κ1) is 15.6. The van der Waals surface area contributed by atoms with Gasteiger partial charge in [-0.25, -0.2) is 0 Å². The van der Waals surface area contributed by atoms with Crippen LogP contribution >= 0.6 is 11.6 Å². The van der Waals surface area contributed by atoms with E-state index >= 15 is 0 Å². The van der Waals surface area contributed by atoms with Crippen molar-refractivity contribution in [3.63, 3.8) is 0 Å². The highest BCUT2D eigenvalue weighted by Gasteiger charge is 2.16. The molecule has 1 aromatic carbocycles. The van der Waals surface area contributed by atoms with Gasteiger partial charge in [0.05, 0.1) is 26.4 Å². The van der Waals surface area contributed by atoms with Gasteiger partial charge in [-0.3, -0.25) is 4.79 Å². The van der Waals surface area contributed by atoms with E-state index in [4.69, 9.17) is 21.1 Å². The van der Waals surface area contributed by atoms with E-state index in [1.165, 1.54) is 14.2 Å². The normalized spacial score (nSPS) is 11.8. The summed E-state index contributed by atoms with van der Waals surface area (Å²) in [6.07, 6.45) is 0. The summed E-state index contributed by atoms with van der Waals surface area (Å²) in [4.78, 5) is 11.3. The number of hydrogen-bond acceptors (Lipinski definition) is 5. The Bertz CT molecular complexity index is 451. The molecule has 0 fully saturated rings. The van der Waals surface area contributed by atoms with Crippen molar-refractivity contribution in [3.05, 3.63) is 22.7 Å². The molecule has 1 atom stereocenters. The summed E-state index contributed by atoms with van der Waals surface area (Å²) >= 11 is 6.23. The lowest BCUT2D eigenvalue weighted by Crippen LogP contribution is -2.34. The van der Waals surface area contributed by atoms with E-state index < -0.39 is 6.04 Å². The molecule has 0 heterocycles. The zero-order valence-corrected chi connectivity index (χ0v) is 12.2. The van der Waals surface area contributed by atoms with E-state index in [2.05, 4.69) is 10.1 Å². The molecule has 0 aliphatic carbocycles. The Morgan fingerprint density at radius 1 is 1.32 bits per heavy atom. The third kappa shape index (κ3) is 3.75.